The number of benzene rings is 2. The summed E-state index contributed by atoms with van der Waals surface area (Å²) in [6, 6.07) is 18.9. The number of ether oxygens (including phenoxy) is 1. The van der Waals surface area contributed by atoms with Crippen molar-refractivity contribution in [2.75, 3.05) is 17.2 Å². The third kappa shape index (κ3) is 6.72. The van der Waals surface area contributed by atoms with Crippen LogP contribution in [0.1, 0.15) is 45.9 Å². The van der Waals surface area contributed by atoms with Crippen LogP contribution < -0.4 is 10.6 Å². The molecule has 0 radical (unpaired) electrons. The first-order valence-electron chi connectivity index (χ1n) is 12.2. The van der Waals surface area contributed by atoms with Gasteiger partial charge in [-0.05, 0) is 55.5 Å². The third-order valence-electron chi connectivity index (χ3n) is 5.65. The highest BCUT2D eigenvalue weighted by Gasteiger charge is 2.25. The lowest BCUT2D eigenvalue weighted by atomic mass is 10.0. The number of nitrogens with one attached hydrogen (secondary N) is 2. The minimum absolute atomic E-state index is 0.166. The zero-order valence-corrected chi connectivity index (χ0v) is 23.7. The van der Waals surface area contributed by atoms with Crippen molar-refractivity contribution >= 4 is 62.9 Å². The molecule has 1 unspecified atom stereocenters. The van der Waals surface area contributed by atoms with Crippen molar-refractivity contribution in [1.29, 1.82) is 0 Å². The Hall–Kier alpha value is -3.40. The molecule has 4 rings (SSSR count). The van der Waals surface area contributed by atoms with E-state index in [1.54, 1.807) is 13.0 Å². The molecule has 1 atom stereocenters. The van der Waals surface area contributed by atoms with E-state index >= 15 is 0 Å². The van der Waals surface area contributed by atoms with E-state index in [4.69, 9.17) is 4.74 Å². The number of carbonyl (C=O) groups excluding carboxylic acids is 3. The molecule has 196 valence electrons. The molecule has 0 saturated carbocycles. The van der Waals surface area contributed by atoms with Gasteiger partial charge in [0, 0.05) is 21.5 Å². The number of hydrogen-bond acceptors (Lipinski definition) is 7. The Kier molecular flexibility index (Phi) is 9.38. The van der Waals surface area contributed by atoms with Gasteiger partial charge in [0.2, 0.25) is 5.91 Å². The summed E-state index contributed by atoms with van der Waals surface area (Å²) in [6.07, 6.45) is 0.577. The van der Waals surface area contributed by atoms with E-state index in [1.165, 1.54) is 34.4 Å². The molecule has 4 aromatic rings. The summed E-state index contributed by atoms with van der Waals surface area (Å²) in [6.45, 7) is 5.94. The second-order valence-corrected chi connectivity index (χ2v) is 11.5. The Bertz CT molecular complexity index is 1410. The normalized spacial score (nSPS) is 11.6. The van der Waals surface area contributed by atoms with Gasteiger partial charge >= 0.3 is 5.97 Å². The Labute approximate surface area is 234 Å². The topological polar surface area (TPSA) is 84.5 Å². The minimum atomic E-state index is -0.463. The van der Waals surface area contributed by atoms with Gasteiger partial charge in [-0.1, -0.05) is 48.9 Å². The predicted molar refractivity (Wildman–Crippen MR) is 158 cm³/mol. The van der Waals surface area contributed by atoms with Gasteiger partial charge in [-0.3, -0.25) is 9.59 Å². The van der Waals surface area contributed by atoms with Gasteiger partial charge in [0.1, 0.15) is 10.6 Å². The van der Waals surface area contributed by atoms with E-state index in [9.17, 15) is 14.4 Å². The lowest BCUT2D eigenvalue weighted by molar-refractivity contribution is -0.115. The Morgan fingerprint density at radius 3 is 2.45 bits per heavy atom. The second kappa shape index (κ2) is 12.9. The summed E-state index contributed by atoms with van der Waals surface area (Å²) in [7, 11) is 0. The summed E-state index contributed by atoms with van der Waals surface area (Å²) in [4.78, 5) is 40.2. The molecule has 0 saturated heterocycles. The molecule has 2 heterocycles. The highest BCUT2D eigenvalue weighted by molar-refractivity contribution is 8.00. The number of hydrogen-bond donors (Lipinski definition) is 2. The number of rotatable bonds is 10. The Morgan fingerprint density at radius 2 is 1.76 bits per heavy atom. The molecule has 0 aliphatic heterocycles. The number of thioether (sulfide) groups is 1. The van der Waals surface area contributed by atoms with Crippen LogP contribution in [-0.2, 0) is 9.53 Å². The van der Waals surface area contributed by atoms with Crippen LogP contribution in [0.3, 0.4) is 0 Å². The highest BCUT2D eigenvalue weighted by Crippen LogP contribution is 2.37. The maximum atomic E-state index is 13.3. The van der Waals surface area contributed by atoms with Gasteiger partial charge in [0.15, 0.2) is 0 Å². The van der Waals surface area contributed by atoms with Crippen molar-refractivity contribution in [3.63, 3.8) is 0 Å². The van der Waals surface area contributed by atoms with Crippen molar-refractivity contribution < 1.29 is 19.1 Å². The first-order chi connectivity index (χ1) is 18.4. The molecule has 2 aromatic heterocycles. The highest BCUT2D eigenvalue weighted by atomic mass is 32.2. The zero-order valence-electron chi connectivity index (χ0n) is 21.3. The van der Waals surface area contributed by atoms with Crippen LogP contribution in [0.25, 0.3) is 11.1 Å². The van der Waals surface area contributed by atoms with Gasteiger partial charge in [-0.25, -0.2) is 4.79 Å². The number of carbonyl (C=O) groups is 3. The van der Waals surface area contributed by atoms with Gasteiger partial charge < -0.3 is 15.4 Å². The molecule has 2 aromatic carbocycles. The average Bonchev–Trinajstić information content (AvgIpc) is 3.59. The number of thiophene rings is 2. The average molecular weight is 565 g/mol. The summed E-state index contributed by atoms with van der Waals surface area (Å²) in [5, 5.41) is 9.68. The van der Waals surface area contributed by atoms with Crippen LogP contribution in [-0.4, -0.2) is 29.6 Å². The number of amides is 2. The summed E-state index contributed by atoms with van der Waals surface area (Å²) < 4.78 is 5.33. The van der Waals surface area contributed by atoms with E-state index in [-0.39, 0.29) is 18.4 Å². The number of aryl methyl sites for hydroxylation is 1. The van der Waals surface area contributed by atoms with Crippen molar-refractivity contribution in [2.24, 2.45) is 0 Å². The van der Waals surface area contributed by atoms with Gasteiger partial charge in [0.25, 0.3) is 5.91 Å². The van der Waals surface area contributed by atoms with Crippen molar-refractivity contribution in [3.8, 4) is 11.1 Å². The largest absolute Gasteiger partial charge is 0.462 e. The lowest BCUT2D eigenvalue weighted by Crippen LogP contribution is -2.25. The van der Waals surface area contributed by atoms with Gasteiger partial charge in [-0.15, -0.1) is 34.4 Å². The summed E-state index contributed by atoms with van der Waals surface area (Å²) in [5.74, 6) is -0.830. The maximum absolute atomic E-state index is 13.3. The van der Waals surface area contributed by atoms with Crippen LogP contribution in [0.4, 0.5) is 10.7 Å². The predicted octanol–water partition coefficient (Wildman–Crippen LogP) is 7.72. The molecule has 6 nitrogen and oxygen atoms in total. The van der Waals surface area contributed by atoms with E-state index in [0.29, 0.717) is 27.5 Å². The summed E-state index contributed by atoms with van der Waals surface area (Å²) in [5.41, 5.74) is 3.77. The molecule has 0 spiro atoms. The number of esters is 1. The fraction of sp³-hybridized carbons (Fsp3) is 0.207. The number of anilines is 2. The third-order valence-corrected chi connectivity index (χ3v) is 8.77. The fourth-order valence-electron chi connectivity index (χ4n) is 3.73. The van der Waals surface area contributed by atoms with Crippen molar-refractivity contribution in [2.45, 2.75) is 37.3 Å². The monoisotopic (exact) mass is 564 g/mol. The molecule has 2 N–H and O–H groups in total. The zero-order chi connectivity index (χ0) is 27.1. The van der Waals surface area contributed by atoms with Crippen LogP contribution >= 0.6 is 34.4 Å². The van der Waals surface area contributed by atoms with E-state index < -0.39 is 11.2 Å². The molecular formula is C29H28N2O4S3. The van der Waals surface area contributed by atoms with Crippen LogP contribution in [0.15, 0.2) is 76.3 Å². The molecule has 0 fully saturated rings. The maximum Gasteiger partial charge on any atom is 0.341 e. The van der Waals surface area contributed by atoms with Crippen LogP contribution in [0.2, 0.25) is 0 Å². The van der Waals surface area contributed by atoms with Crippen LogP contribution in [0.5, 0.6) is 0 Å². The Balaban J connectivity index is 1.51. The first-order valence-corrected chi connectivity index (χ1v) is 14.8. The minimum Gasteiger partial charge on any atom is -0.462 e. The van der Waals surface area contributed by atoms with Crippen molar-refractivity contribution in [1.82, 2.24) is 0 Å². The molecule has 0 aliphatic rings. The van der Waals surface area contributed by atoms with Crippen molar-refractivity contribution in [3.05, 3.63) is 87.4 Å². The smallest absolute Gasteiger partial charge is 0.341 e. The first kappa shape index (κ1) is 27.6. The fourth-order valence-corrected chi connectivity index (χ4v) is 6.32. The second-order valence-electron chi connectivity index (χ2n) is 8.40. The standard InChI is InChI=1S/C29H28N2O4S3/c1-4-23(38-21-9-6-8-20(16-21)30-27(33)24-10-7-15-36-24)26(32)31-28-25(29(34)35-5-2)22(17-37-28)19-13-11-18(3)12-14-19/h6-17,23H,4-5H2,1-3H3,(H,30,33)(H,31,32). The SMILES string of the molecule is CCOC(=O)c1c(-c2ccc(C)cc2)csc1NC(=O)C(CC)Sc1cccc(NC(=O)c2cccs2)c1. The molecule has 2 amide bonds. The molecule has 38 heavy (non-hydrogen) atoms. The van der Waals surface area contributed by atoms with E-state index in [0.717, 1.165) is 21.6 Å². The molecule has 0 bridgehead atoms. The Morgan fingerprint density at radius 1 is 0.974 bits per heavy atom. The molecular weight excluding hydrogens is 537 g/mol. The van der Waals surface area contributed by atoms with Gasteiger partial charge in [-0.2, -0.15) is 0 Å². The molecule has 9 heteroatoms. The molecule has 0 aliphatic carbocycles. The lowest BCUT2D eigenvalue weighted by Gasteiger charge is -2.16. The van der Waals surface area contributed by atoms with Crippen LogP contribution in [0, 0.1) is 6.92 Å². The van der Waals surface area contributed by atoms with E-state index in [2.05, 4.69) is 10.6 Å². The van der Waals surface area contributed by atoms with Gasteiger partial charge in [0.05, 0.1) is 16.7 Å². The quantitative estimate of drug-likeness (QED) is 0.152. The summed E-state index contributed by atoms with van der Waals surface area (Å²) >= 11 is 4.10. The van der Waals surface area contributed by atoms with E-state index in [1.807, 2.05) is 79.2 Å².